The molecule has 3 heteroatoms. The highest BCUT2D eigenvalue weighted by Gasteiger charge is 2.30. The van der Waals surface area contributed by atoms with Gasteiger partial charge in [0.1, 0.15) is 0 Å². The zero-order chi connectivity index (χ0) is 14.1. The lowest BCUT2D eigenvalue weighted by Crippen LogP contribution is -2.13. The van der Waals surface area contributed by atoms with E-state index >= 15 is 0 Å². The van der Waals surface area contributed by atoms with E-state index in [1.54, 1.807) is 0 Å². The predicted octanol–water partition coefficient (Wildman–Crippen LogP) is 3.48. The molecule has 1 fully saturated rings. The van der Waals surface area contributed by atoms with Gasteiger partial charge in [0.05, 0.1) is 17.6 Å². The van der Waals surface area contributed by atoms with Gasteiger partial charge in [-0.3, -0.25) is 0 Å². The summed E-state index contributed by atoms with van der Waals surface area (Å²) in [5, 5.41) is 8.09. The summed E-state index contributed by atoms with van der Waals surface area (Å²) >= 11 is 0. The van der Waals surface area contributed by atoms with Crippen LogP contribution in [-0.2, 0) is 6.54 Å². The second kappa shape index (κ2) is 5.41. The average Bonchev–Trinajstić information content (AvgIpc) is 3.17. The van der Waals surface area contributed by atoms with Gasteiger partial charge in [-0.1, -0.05) is 24.6 Å². The lowest BCUT2D eigenvalue weighted by Gasteiger charge is -2.12. The van der Waals surface area contributed by atoms with Crippen molar-refractivity contribution in [3.63, 3.8) is 0 Å². The predicted molar refractivity (Wildman–Crippen MR) is 82.4 cm³/mol. The van der Waals surface area contributed by atoms with Crippen molar-refractivity contribution in [3.8, 4) is 5.69 Å². The van der Waals surface area contributed by atoms with Gasteiger partial charge in [-0.05, 0) is 44.9 Å². The molecule has 1 aliphatic rings. The third kappa shape index (κ3) is 2.50. The molecule has 0 spiro atoms. The molecular formula is C17H23N3. The van der Waals surface area contributed by atoms with Crippen molar-refractivity contribution >= 4 is 0 Å². The maximum absolute atomic E-state index is 4.67. The van der Waals surface area contributed by atoms with Crippen molar-refractivity contribution < 1.29 is 0 Å². The van der Waals surface area contributed by atoms with Crippen LogP contribution < -0.4 is 5.32 Å². The van der Waals surface area contributed by atoms with Crippen molar-refractivity contribution in [2.75, 3.05) is 6.54 Å². The molecule has 20 heavy (non-hydrogen) atoms. The highest BCUT2D eigenvalue weighted by molar-refractivity contribution is 5.45. The van der Waals surface area contributed by atoms with Gasteiger partial charge in [0.2, 0.25) is 0 Å². The Kier molecular flexibility index (Phi) is 3.62. The van der Waals surface area contributed by atoms with E-state index in [1.807, 2.05) is 6.20 Å². The van der Waals surface area contributed by atoms with Crippen LogP contribution in [0.4, 0.5) is 0 Å². The van der Waals surface area contributed by atoms with Gasteiger partial charge in [-0.2, -0.15) is 5.10 Å². The van der Waals surface area contributed by atoms with Gasteiger partial charge in [0, 0.05) is 18.0 Å². The Morgan fingerprint density at radius 3 is 2.75 bits per heavy atom. The summed E-state index contributed by atoms with van der Waals surface area (Å²) < 4.78 is 2.17. The van der Waals surface area contributed by atoms with Crippen molar-refractivity contribution in [2.45, 2.75) is 46.1 Å². The Labute approximate surface area is 121 Å². The van der Waals surface area contributed by atoms with Crippen LogP contribution in [0.1, 0.15) is 48.1 Å². The Morgan fingerprint density at radius 2 is 2.10 bits per heavy atom. The topological polar surface area (TPSA) is 29.9 Å². The highest BCUT2D eigenvalue weighted by Crippen LogP contribution is 2.42. The van der Waals surface area contributed by atoms with Crippen molar-refractivity contribution in [3.05, 3.63) is 46.8 Å². The molecular weight excluding hydrogens is 246 g/mol. The van der Waals surface area contributed by atoms with Crippen molar-refractivity contribution in [1.82, 2.24) is 15.1 Å². The first-order valence-electron chi connectivity index (χ1n) is 7.56. The second-order valence-corrected chi connectivity index (χ2v) is 5.81. The molecule has 1 N–H and O–H groups in total. The SMILES string of the molecule is CCNCc1cnn(-c2ccc(C)cc2C)c1C1CC1. The first-order chi connectivity index (χ1) is 9.70. The molecule has 2 aromatic rings. The van der Waals surface area contributed by atoms with Gasteiger partial charge in [0.25, 0.3) is 0 Å². The van der Waals surface area contributed by atoms with Crippen LogP contribution in [0.2, 0.25) is 0 Å². The molecule has 1 aliphatic carbocycles. The zero-order valence-corrected chi connectivity index (χ0v) is 12.6. The van der Waals surface area contributed by atoms with Gasteiger partial charge in [0.15, 0.2) is 0 Å². The van der Waals surface area contributed by atoms with Crippen molar-refractivity contribution in [2.24, 2.45) is 0 Å². The molecule has 1 heterocycles. The van der Waals surface area contributed by atoms with Gasteiger partial charge in [-0.15, -0.1) is 0 Å². The van der Waals surface area contributed by atoms with E-state index < -0.39 is 0 Å². The normalized spacial score (nSPS) is 14.8. The summed E-state index contributed by atoms with van der Waals surface area (Å²) in [6, 6.07) is 6.60. The van der Waals surface area contributed by atoms with Gasteiger partial charge in [-0.25, -0.2) is 4.68 Å². The summed E-state index contributed by atoms with van der Waals surface area (Å²) in [6.45, 7) is 8.38. The van der Waals surface area contributed by atoms with Crippen LogP contribution in [0.5, 0.6) is 0 Å². The fourth-order valence-corrected chi connectivity index (χ4v) is 2.81. The minimum atomic E-state index is 0.701. The standard InChI is InChI=1S/C17H23N3/c1-4-18-10-15-11-19-20(17(15)14-6-7-14)16-8-5-12(2)9-13(16)3/h5,8-9,11,14,18H,4,6-7,10H2,1-3H3. The van der Waals surface area contributed by atoms with E-state index in [0.717, 1.165) is 13.1 Å². The van der Waals surface area contributed by atoms with E-state index in [1.165, 1.54) is 40.9 Å². The smallest absolute Gasteiger partial charge is 0.0678 e. The number of aromatic nitrogens is 2. The Bertz CT molecular complexity index is 609. The molecule has 0 saturated heterocycles. The molecule has 0 bridgehead atoms. The monoisotopic (exact) mass is 269 g/mol. The number of hydrogen-bond acceptors (Lipinski definition) is 2. The Hall–Kier alpha value is -1.61. The third-order valence-electron chi connectivity index (χ3n) is 4.00. The van der Waals surface area contributed by atoms with E-state index in [9.17, 15) is 0 Å². The summed E-state index contributed by atoms with van der Waals surface area (Å²) in [5.41, 5.74) is 6.59. The van der Waals surface area contributed by atoms with Crippen molar-refractivity contribution in [1.29, 1.82) is 0 Å². The van der Waals surface area contributed by atoms with Gasteiger partial charge >= 0.3 is 0 Å². The molecule has 1 saturated carbocycles. The molecule has 106 valence electrons. The van der Waals surface area contributed by atoms with E-state index in [-0.39, 0.29) is 0 Å². The van der Waals surface area contributed by atoms with E-state index in [2.05, 4.69) is 54.1 Å². The molecule has 3 rings (SSSR count). The summed E-state index contributed by atoms with van der Waals surface area (Å²) in [7, 11) is 0. The molecule has 1 aromatic heterocycles. The van der Waals surface area contributed by atoms with E-state index in [4.69, 9.17) is 0 Å². The minimum Gasteiger partial charge on any atom is -0.313 e. The van der Waals surface area contributed by atoms with Crippen LogP contribution in [0.25, 0.3) is 5.69 Å². The molecule has 1 aromatic carbocycles. The second-order valence-electron chi connectivity index (χ2n) is 5.81. The van der Waals surface area contributed by atoms with Crippen LogP contribution in [0, 0.1) is 13.8 Å². The summed E-state index contributed by atoms with van der Waals surface area (Å²) in [5.74, 6) is 0.701. The first kappa shape index (κ1) is 13.4. The quantitative estimate of drug-likeness (QED) is 0.900. The molecule has 0 aliphatic heterocycles. The molecule has 0 unspecified atom stereocenters. The average molecular weight is 269 g/mol. The highest BCUT2D eigenvalue weighted by atomic mass is 15.3. The number of hydrogen-bond donors (Lipinski definition) is 1. The Balaban J connectivity index is 2.02. The van der Waals surface area contributed by atoms with Crippen LogP contribution in [0.3, 0.4) is 0 Å². The van der Waals surface area contributed by atoms with Gasteiger partial charge < -0.3 is 5.32 Å². The lowest BCUT2D eigenvalue weighted by molar-refractivity contribution is 0.714. The van der Waals surface area contributed by atoms with Crippen LogP contribution >= 0.6 is 0 Å². The number of benzene rings is 1. The van der Waals surface area contributed by atoms with E-state index in [0.29, 0.717) is 5.92 Å². The van der Waals surface area contributed by atoms with Crippen LogP contribution in [0.15, 0.2) is 24.4 Å². The maximum Gasteiger partial charge on any atom is 0.0678 e. The summed E-state index contributed by atoms with van der Waals surface area (Å²) in [4.78, 5) is 0. The lowest BCUT2D eigenvalue weighted by atomic mass is 10.1. The largest absolute Gasteiger partial charge is 0.313 e. The number of aryl methyl sites for hydroxylation is 2. The fourth-order valence-electron chi connectivity index (χ4n) is 2.81. The Morgan fingerprint density at radius 1 is 1.30 bits per heavy atom. The minimum absolute atomic E-state index is 0.701. The molecule has 0 radical (unpaired) electrons. The number of rotatable bonds is 5. The maximum atomic E-state index is 4.67. The zero-order valence-electron chi connectivity index (χ0n) is 12.6. The third-order valence-corrected chi connectivity index (χ3v) is 4.00. The number of nitrogens with zero attached hydrogens (tertiary/aromatic N) is 2. The summed E-state index contributed by atoms with van der Waals surface area (Å²) in [6.07, 6.45) is 4.64. The number of nitrogens with one attached hydrogen (secondary N) is 1. The first-order valence-corrected chi connectivity index (χ1v) is 7.56. The van der Waals surface area contributed by atoms with Crippen LogP contribution in [-0.4, -0.2) is 16.3 Å². The molecule has 0 amide bonds. The molecule has 3 nitrogen and oxygen atoms in total. The molecule has 0 atom stereocenters. The fraction of sp³-hybridized carbons (Fsp3) is 0.471.